The van der Waals surface area contributed by atoms with E-state index in [1.807, 2.05) is 25.1 Å². The highest BCUT2D eigenvalue weighted by Crippen LogP contribution is 2.24. The third-order valence-electron chi connectivity index (χ3n) is 2.53. The summed E-state index contributed by atoms with van der Waals surface area (Å²) in [5, 5.41) is 12.1. The Hall–Kier alpha value is -2.14. The van der Waals surface area contributed by atoms with E-state index in [0.29, 0.717) is 5.69 Å². The molecule has 2 N–H and O–H groups in total. The molecule has 1 amide bonds. The van der Waals surface area contributed by atoms with Gasteiger partial charge in [0.25, 0.3) is 0 Å². The second-order valence-electron chi connectivity index (χ2n) is 3.81. The van der Waals surface area contributed by atoms with Crippen LogP contribution < -0.4 is 5.32 Å². The van der Waals surface area contributed by atoms with Gasteiger partial charge in [-0.2, -0.15) is 0 Å². The standard InChI is InChI=1S/C13H14N2O3/c1-9-4-5-11(15-13(17)18-8-7-16)10-3-2-6-14-12(9)10/h2-6,16H,7-8H2,1H3,(H,15,17). The topological polar surface area (TPSA) is 71.5 Å². The Labute approximate surface area is 104 Å². The molecule has 18 heavy (non-hydrogen) atoms. The third kappa shape index (κ3) is 2.57. The van der Waals surface area contributed by atoms with Crippen molar-refractivity contribution in [3.63, 3.8) is 0 Å². The second kappa shape index (κ2) is 5.46. The predicted octanol–water partition coefficient (Wildman–Crippen LogP) is 2.08. The molecule has 0 unspecified atom stereocenters. The van der Waals surface area contributed by atoms with Crippen LogP contribution >= 0.6 is 0 Å². The van der Waals surface area contributed by atoms with E-state index < -0.39 is 6.09 Å². The van der Waals surface area contributed by atoms with Crippen molar-refractivity contribution in [2.24, 2.45) is 0 Å². The number of aliphatic hydroxyl groups is 1. The lowest BCUT2D eigenvalue weighted by atomic mass is 10.1. The Bertz CT molecular complexity index is 569. The van der Waals surface area contributed by atoms with Crippen molar-refractivity contribution in [1.29, 1.82) is 0 Å². The van der Waals surface area contributed by atoms with Crippen molar-refractivity contribution in [3.05, 3.63) is 36.0 Å². The first kappa shape index (κ1) is 12.3. The van der Waals surface area contributed by atoms with E-state index in [1.165, 1.54) is 0 Å². The molecule has 0 saturated carbocycles. The molecule has 2 aromatic rings. The lowest BCUT2D eigenvalue weighted by Crippen LogP contribution is -2.16. The number of anilines is 1. The van der Waals surface area contributed by atoms with Gasteiger partial charge < -0.3 is 9.84 Å². The first-order chi connectivity index (χ1) is 8.72. The highest BCUT2D eigenvalue weighted by atomic mass is 16.6. The zero-order valence-corrected chi connectivity index (χ0v) is 10.0. The van der Waals surface area contributed by atoms with Crippen LogP contribution in [-0.4, -0.2) is 29.4 Å². The quantitative estimate of drug-likeness (QED) is 0.869. The summed E-state index contributed by atoms with van der Waals surface area (Å²) in [5.41, 5.74) is 2.53. The number of nitrogens with one attached hydrogen (secondary N) is 1. The summed E-state index contributed by atoms with van der Waals surface area (Å²) in [6, 6.07) is 7.39. The van der Waals surface area contributed by atoms with Gasteiger partial charge in [0.15, 0.2) is 0 Å². The molecular weight excluding hydrogens is 232 g/mol. The smallest absolute Gasteiger partial charge is 0.411 e. The largest absolute Gasteiger partial charge is 0.447 e. The molecule has 0 spiro atoms. The van der Waals surface area contributed by atoms with Crippen molar-refractivity contribution < 1.29 is 14.6 Å². The minimum absolute atomic E-state index is 0.0200. The zero-order valence-electron chi connectivity index (χ0n) is 10.0. The van der Waals surface area contributed by atoms with Gasteiger partial charge in [0.2, 0.25) is 0 Å². The SMILES string of the molecule is Cc1ccc(NC(=O)OCCO)c2cccnc12. The van der Waals surface area contributed by atoms with E-state index in [1.54, 1.807) is 12.3 Å². The number of aliphatic hydroxyl groups excluding tert-OH is 1. The number of nitrogens with zero attached hydrogens (tertiary/aromatic N) is 1. The van der Waals surface area contributed by atoms with E-state index >= 15 is 0 Å². The molecule has 2 rings (SSSR count). The van der Waals surface area contributed by atoms with Crippen LogP contribution in [0.25, 0.3) is 10.9 Å². The molecule has 5 heteroatoms. The van der Waals surface area contributed by atoms with Gasteiger partial charge >= 0.3 is 6.09 Å². The molecule has 0 radical (unpaired) electrons. The Morgan fingerprint density at radius 1 is 1.44 bits per heavy atom. The van der Waals surface area contributed by atoms with E-state index in [0.717, 1.165) is 16.5 Å². The van der Waals surface area contributed by atoms with E-state index in [-0.39, 0.29) is 13.2 Å². The molecule has 1 aromatic heterocycles. The predicted molar refractivity (Wildman–Crippen MR) is 68.5 cm³/mol. The highest BCUT2D eigenvalue weighted by Gasteiger charge is 2.08. The number of fused-ring (bicyclic) bond motifs is 1. The van der Waals surface area contributed by atoms with Gasteiger partial charge in [-0.05, 0) is 30.7 Å². The fourth-order valence-electron chi connectivity index (χ4n) is 1.71. The van der Waals surface area contributed by atoms with Gasteiger partial charge in [-0.3, -0.25) is 10.3 Å². The number of ether oxygens (including phenoxy) is 1. The van der Waals surface area contributed by atoms with Gasteiger partial charge in [-0.25, -0.2) is 4.79 Å². The zero-order chi connectivity index (χ0) is 13.0. The monoisotopic (exact) mass is 246 g/mol. The molecule has 0 aliphatic heterocycles. The summed E-state index contributed by atoms with van der Waals surface area (Å²) in [4.78, 5) is 15.7. The van der Waals surface area contributed by atoms with Gasteiger partial charge in [0, 0.05) is 11.6 Å². The van der Waals surface area contributed by atoms with Crippen molar-refractivity contribution in [2.45, 2.75) is 6.92 Å². The summed E-state index contributed by atoms with van der Waals surface area (Å²) in [7, 11) is 0. The summed E-state index contributed by atoms with van der Waals surface area (Å²) in [5.74, 6) is 0. The normalized spacial score (nSPS) is 10.3. The Balaban J connectivity index is 2.29. The molecule has 0 aliphatic rings. The minimum Gasteiger partial charge on any atom is -0.447 e. The highest BCUT2D eigenvalue weighted by molar-refractivity contribution is 5.99. The molecule has 0 saturated heterocycles. The van der Waals surface area contributed by atoms with Crippen LogP contribution in [0.3, 0.4) is 0 Å². The van der Waals surface area contributed by atoms with Crippen LogP contribution in [0.2, 0.25) is 0 Å². The van der Waals surface area contributed by atoms with Crippen LogP contribution in [0.1, 0.15) is 5.56 Å². The molecule has 0 bridgehead atoms. The average molecular weight is 246 g/mol. The Kier molecular flexibility index (Phi) is 3.74. The fraction of sp³-hybridized carbons (Fsp3) is 0.231. The average Bonchev–Trinajstić information content (AvgIpc) is 2.40. The third-order valence-corrected chi connectivity index (χ3v) is 2.53. The summed E-state index contributed by atoms with van der Waals surface area (Å²) >= 11 is 0. The summed E-state index contributed by atoms with van der Waals surface area (Å²) < 4.78 is 4.75. The van der Waals surface area contributed by atoms with Crippen LogP contribution in [0.15, 0.2) is 30.5 Å². The van der Waals surface area contributed by atoms with Gasteiger partial charge in [0.1, 0.15) is 6.61 Å². The van der Waals surface area contributed by atoms with Gasteiger partial charge in [-0.1, -0.05) is 6.07 Å². The maximum absolute atomic E-state index is 11.4. The van der Waals surface area contributed by atoms with E-state index in [4.69, 9.17) is 9.84 Å². The number of aryl methyl sites for hydroxylation is 1. The van der Waals surface area contributed by atoms with Crippen molar-refractivity contribution in [3.8, 4) is 0 Å². The number of carbonyl (C=O) groups excluding carboxylic acids is 1. The number of aromatic nitrogens is 1. The fourth-order valence-corrected chi connectivity index (χ4v) is 1.71. The summed E-state index contributed by atoms with van der Waals surface area (Å²) in [6.45, 7) is 1.75. The number of pyridine rings is 1. The van der Waals surface area contributed by atoms with Crippen molar-refractivity contribution in [1.82, 2.24) is 4.98 Å². The lowest BCUT2D eigenvalue weighted by molar-refractivity contribution is 0.131. The maximum atomic E-state index is 11.4. The van der Waals surface area contributed by atoms with E-state index in [9.17, 15) is 4.79 Å². The molecular formula is C13H14N2O3. The van der Waals surface area contributed by atoms with Gasteiger partial charge in [-0.15, -0.1) is 0 Å². The number of rotatable bonds is 3. The lowest BCUT2D eigenvalue weighted by Gasteiger charge is -2.09. The number of hydrogen-bond acceptors (Lipinski definition) is 4. The van der Waals surface area contributed by atoms with Crippen LogP contribution in [0.4, 0.5) is 10.5 Å². The number of benzene rings is 1. The number of amides is 1. The molecule has 0 aliphatic carbocycles. The van der Waals surface area contributed by atoms with Crippen molar-refractivity contribution >= 4 is 22.7 Å². The van der Waals surface area contributed by atoms with Crippen LogP contribution in [0.5, 0.6) is 0 Å². The van der Waals surface area contributed by atoms with E-state index in [2.05, 4.69) is 10.3 Å². The molecule has 94 valence electrons. The first-order valence-corrected chi connectivity index (χ1v) is 5.61. The summed E-state index contributed by atoms with van der Waals surface area (Å²) in [6.07, 6.45) is 1.13. The molecule has 0 fully saturated rings. The second-order valence-corrected chi connectivity index (χ2v) is 3.81. The Morgan fingerprint density at radius 3 is 3.06 bits per heavy atom. The number of hydrogen-bond donors (Lipinski definition) is 2. The molecule has 0 atom stereocenters. The molecule has 1 aromatic carbocycles. The Morgan fingerprint density at radius 2 is 2.28 bits per heavy atom. The van der Waals surface area contributed by atoms with Crippen LogP contribution in [0, 0.1) is 6.92 Å². The van der Waals surface area contributed by atoms with Gasteiger partial charge in [0.05, 0.1) is 17.8 Å². The van der Waals surface area contributed by atoms with Crippen molar-refractivity contribution in [2.75, 3.05) is 18.5 Å². The van der Waals surface area contributed by atoms with Crippen LogP contribution in [-0.2, 0) is 4.74 Å². The maximum Gasteiger partial charge on any atom is 0.411 e. The minimum atomic E-state index is -0.585. The molecule has 1 heterocycles. The molecule has 5 nitrogen and oxygen atoms in total. The number of carbonyl (C=O) groups is 1. The first-order valence-electron chi connectivity index (χ1n) is 5.61.